The molecule has 3 N–H and O–H groups in total. The van der Waals surface area contributed by atoms with Gasteiger partial charge in [-0.25, -0.2) is 0 Å². The van der Waals surface area contributed by atoms with Crippen LogP contribution >= 0.6 is 0 Å². The molecule has 1 amide bonds. The minimum Gasteiger partial charge on any atom is -0.491 e. The summed E-state index contributed by atoms with van der Waals surface area (Å²) in [6.45, 7) is 0.315. The van der Waals surface area contributed by atoms with Gasteiger partial charge in [0.1, 0.15) is 11.3 Å². The smallest absolute Gasteiger partial charge is 0.223 e. The Kier molecular flexibility index (Phi) is 3.62. The highest BCUT2D eigenvalue weighted by molar-refractivity contribution is 5.94. The van der Waals surface area contributed by atoms with Gasteiger partial charge in [-0.15, -0.1) is 0 Å². The van der Waals surface area contributed by atoms with Crippen molar-refractivity contribution in [3.05, 3.63) is 30.5 Å². The predicted octanol–water partition coefficient (Wildman–Crippen LogP) is 1.33. The van der Waals surface area contributed by atoms with Gasteiger partial charge < -0.3 is 15.8 Å². The molecule has 2 rings (SSSR count). The molecular formula is C13H15N3O2. The van der Waals surface area contributed by atoms with Crippen molar-refractivity contribution in [2.24, 2.45) is 0 Å². The van der Waals surface area contributed by atoms with Crippen molar-refractivity contribution in [2.45, 2.75) is 6.42 Å². The summed E-state index contributed by atoms with van der Waals surface area (Å²) in [6.07, 6.45) is 2.00. The van der Waals surface area contributed by atoms with Crippen LogP contribution < -0.4 is 15.8 Å². The number of aromatic nitrogens is 1. The molecule has 1 aromatic carbocycles. The quantitative estimate of drug-likeness (QED) is 0.797. The number of hydrogen-bond acceptors (Lipinski definition) is 4. The lowest BCUT2D eigenvalue weighted by Gasteiger charge is -2.09. The van der Waals surface area contributed by atoms with Crippen LogP contribution in [0.25, 0.3) is 10.9 Å². The van der Waals surface area contributed by atoms with Gasteiger partial charge in [-0.2, -0.15) is 0 Å². The summed E-state index contributed by atoms with van der Waals surface area (Å²) >= 11 is 0. The number of amides is 1. The van der Waals surface area contributed by atoms with Gasteiger partial charge in [0, 0.05) is 24.3 Å². The van der Waals surface area contributed by atoms with E-state index in [2.05, 4.69) is 10.3 Å². The molecule has 0 atom stereocenters. The molecule has 0 fully saturated rings. The summed E-state index contributed by atoms with van der Waals surface area (Å²) in [7, 11) is 1.60. The molecule has 1 aromatic heterocycles. The molecular weight excluding hydrogens is 230 g/mol. The van der Waals surface area contributed by atoms with Crippen LogP contribution in [-0.4, -0.2) is 24.5 Å². The second-order valence-electron chi connectivity index (χ2n) is 3.82. The number of nitrogens with two attached hydrogens (primary N) is 1. The third-order valence-electron chi connectivity index (χ3n) is 2.63. The highest BCUT2D eigenvalue weighted by Crippen LogP contribution is 2.27. The van der Waals surface area contributed by atoms with E-state index in [1.54, 1.807) is 25.4 Å². The lowest BCUT2D eigenvalue weighted by Crippen LogP contribution is -2.20. The number of ether oxygens (including phenoxy) is 1. The molecule has 0 aliphatic heterocycles. The monoisotopic (exact) mass is 245 g/mol. The first-order valence-corrected chi connectivity index (χ1v) is 5.69. The van der Waals surface area contributed by atoms with E-state index in [-0.39, 0.29) is 5.91 Å². The summed E-state index contributed by atoms with van der Waals surface area (Å²) in [5.74, 6) is 0.589. The minimum atomic E-state index is -0.0530. The van der Waals surface area contributed by atoms with Crippen LogP contribution in [-0.2, 0) is 4.79 Å². The van der Waals surface area contributed by atoms with E-state index in [1.807, 2.05) is 12.1 Å². The zero-order valence-corrected chi connectivity index (χ0v) is 10.1. The fourth-order valence-electron chi connectivity index (χ4n) is 1.66. The van der Waals surface area contributed by atoms with Crippen LogP contribution in [0, 0.1) is 0 Å². The number of anilines is 1. The van der Waals surface area contributed by atoms with Crippen molar-refractivity contribution in [3.8, 4) is 5.75 Å². The molecule has 0 bridgehead atoms. The zero-order chi connectivity index (χ0) is 13.0. The number of fused-ring (bicyclic) bond motifs is 1. The van der Waals surface area contributed by atoms with Crippen molar-refractivity contribution < 1.29 is 9.53 Å². The van der Waals surface area contributed by atoms with Crippen molar-refractivity contribution in [1.29, 1.82) is 0 Å². The van der Waals surface area contributed by atoms with Crippen molar-refractivity contribution in [3.63, 3.8) is 0 Å². The Bertz CT molecular complexity index is 569. The summed E-state index contributed by atoms with van der Waals surface area (Å²) in [6, 6.07) is 7.27. The van der Waals surface area contributed by atoms with Crippen LogP contribution in [0.4, 0.5) is 5.69 Å². The van der Waals surface area contributed by atoms with Crippen LogP contribution in [0.15, 0.2) is 30.5 Å². The Morgan fingerprint density at radius 1 is 1.44 bits per heavy atom. The lowest BCUT2D eigenvalue weighted by molar-refractivity contribution is -0.121. The molecule has 5 nitrogen and oxygen atoms in total. The number of benzene rings is 1. The second kappa shape index (κ2) is 5.35. The van der Waals surface area contributed by atoms with Gasteiger partial charge in [0.05, 0.1) is 13.0 Å². The molecule has 0 saturated heterocycles. The van der Waals surface area contributed by atoms with E-state index in [0.717, 1.165) is 10.9 Å². The van der Waals surface area contributed by atoms with Crippen LogP contribution in [0.1, 0.15) is 6.42 Å². The molecule has 0 aliphatic rings. The van der Waals surface area contributed by atoms with Crippen LogP contribution in [0.2, 0.25) is 0 Å². The van der Waals surface area contributed by atoms with Gasteiger partial charge in [0.25, 0.3) is 0 Å². The summed E-state index contributed by atoms with van der Waals surface area (Å²) < 4.78 is 5.57. The van der Waals surface area contributed by atoms with Crippen LogP contribution in [0.3, 0.4) is 0 Å². The fourth-order valence-corrected chi connectivity index (χ4v) is 1.66. The molecule has 0 unspecified atom stereocenters. The van der Waals surface area contributed by atoms with Crippen molar-refractivity contribution in [2.75, 3.05) is 19.4 Å². The van der Waals surface area contributed by atoms with Crippen molar-refractivity contribution in [1.82, 2.24) is 10.3 Å². The van der Waals surface area contributed by atoms with Gasteiger partial charge in [-0.05, 0) is 24.3 Å². The van der Waals surface area contributed by atoms with Crippen LogP contribution in [0.5, 0.6) is 5.75 Å². The van der Waals surface area contributed by atoms with E-state index in [0.29, 0.717) is 24.5 Å². The third-order valence-corrected chi connectivity index (χ3v) is 2.63. The second-order valence-corrected chi connectivity index (χ2v) is 3.82. The van der Waals surface area contributed by atoms with Crippen molar-refractivity contribution >= 4 is 22.5 Å². The van der Waals surface area contributed by atoms with Gasteiger partial charge in [0.2, 0.25) is 5.91 Å². The SMILES string of the molecule is CNC(=O)CCOc1ccc(N)c2cccnc12. The number of hydrogen-bond donors (Lipinski definition) is 2. The first-order chi connectivity index (χ1) is 8.72. The predicted molar refractivity (Wildman–Crippen MR) is 70.3 cm³/mol. The summed E-state index contributed by atoms with van der Waals surface area (Å²) in [5.41, 5.74) is 7.24. The molecule has 2 aromatic rings. The summed E-state index contributed by atoms with van der Waals surface area (Å²) in [4.78, 5) is 15.3. The normalized spacial score (nSPS) is 10.3. The van der Waals surface area contributed by atoms with E-state index in [9.17, 15) is 4.79 Å². The van der Waals surface area contributed by atoms with Gasteiger partial charge in [0.15, 0.2) is 0 Å². The van der Waals surface area contributed by atoms with E-state index >= 15 is 0 Å². The van der Waals surface area contributed by atoms with Gasteiger partial charge >= 0.3 is 0 Å². The Morgan fingerprint density at radius 3 is 3.06 bits per heavy atom. The summed E-state index contributed by atoms with van der Waals surface area (Å²) in [5, 5.41) is 3.40. The molecule has 0 radical (unpaired) electrons. The highest BCUT2D eigenvalue weighted by atomic mass is 16.5. The Balaban J connectivity index is 2.18. The maximum absolute atomic E-state index is 11.1. The number of rotatable bonds is 4. The maximum atomic E-state index is 11.1. The molecule has 1 heterocycles. The molecule has 0 saturated carbocycles. The molecule has 5 heteroatoms. The standard InChI is InChI=1S/C13H15N3O2/c1-15-12(17)6-8-18-11-5-4-10(14)9-3-2-7-16-13(9)11/h2-5,7H,6,8,14H2,1H3,(H,15,17). The zero-order valence-electron chi connectivity index (χ0n) is 10.1. The lowest BCUT2D eigenvalue weighted by atomic mass is 10.1. The molecule has 18 heavy (non-hydrogen) atoms. The first kappa shape index (κ1) is 12.2. The van der Waals surface area contributed by atoms with E-state index in [1.165, 1.54) is 0 Å². The Hall–Kier alpha value is -2.30. The Labute approximate surface area is 105 Å². The largest absolute Gasteiger partial charge is 0.491 e. The minimum absolute atomic E-state index is 0.0530. The number of pyridine rings is 1. The van der Waals surface area contributed by atoms with Gasteiger partial charge in [-0.1, -0.05) is 0 Å². The first-order valence-electron chi connectivity index (χ1n) is 5.69. The van der Waals surface area contributed by atoms with Gasteiger partial charge in [-0.3, -0.25) is 9.78 Å². The maximum Gasteiger partial charge on any atom is 0.223 e. The average Bonchev–Trinajstić information content (AvgIpc) is 2.41. The number of nitrogens with zero attached hydrogens (tertiary/aromatic N) is 1. The third kappa shape index (κ3) is 2.51. The number of nitrogens with one attached hydrogen (secondary N) is 1. The molecule has 0 spiro atoms. The molecule has 94 valence electrons. The topological polar surface area (TPSA) is 77.2 Å². The number of carbonyl (C=O) groups is 1. The Morgan fingerprint density at radius 2 is 2.28 bits per heavy atom. The highest BCUT2D eigenvalue weighted by Gasteiger charge is 2.06. The fraction of sp³-hybridized carbons (Fsp3) is 0.231. The van der Waals surface area contributed by atoms with E-state index in [4.69, 9.17) is 10.5 Å². The van der Waals surface area contributed by atoms with E-state index < -0.39 is 0 Å². The number of nitrogen functional groups attached to an aromatic ring is 1. The average molecular weight is 245 g/mol. The molecule has 0 aliphatic carbocycles. The number of carbonyl (C=O) groups excluding carboxylic acids is 1.